The summed E-state index contributed by atoms with van der Waals surface area (Å²) in [4.78, 5) is 14.2. The second kappa shape index (κ2) is 7.51. The summed E-state index contributed by atoms with van der Waals surface area (Å²) in [5, 5.41) is 6.93. The molecule has 2 aromatic carbocycles. The van der Waals surface area contributed by atoms with Crippen molar-refractivity contribution in [3.63, 3.8) is 0 Å². The van der Waals surface area contributed by atoms with Crippen LogP contribution in [0.4, 0.5) is 0 Å². The highest BCUT2D eigenvalue weighted by atomic mass is 16.1. The molecule has 0 aliphatic carbocycles. The topological polar surface area (TPSA) is 50.7 Å². The molecule has 0 saturated heterocycles. The SMILES string of the molecule is CC(C)(C)c1cccc2ccc(=O)[nH]c12.Cn1nc(C(C)(C)C)c2ccccc21. The lowest BCUT2D eigenvalue weighted by molar-refractivity contribution is 0.558. The first-order valence-electron chi connectivity index (χ1n) is 10.0. The molecule has 0 amide bonds. The van der Waals surface area contributed by atoms with Gasteiger partial charge in [0.05, 0.1) is 16.7 Å². The number of fused-ring (bicyclic) bond motifs is 2. The molecule has 29 heavy (non-hydrogen) atoms. The van der Waals surface area contributed by atoms with Gasteiger partial charge in [-0.2, -0.15) is 5.10 Å². The van der Waals surface area contributed by atoms with E-state index in [2.05, 4.69) is 82.0 Å². The lowest BCUT2D eigenvalue weighted by atomic mass is 9.85. The number of pyridine rings is 1. The van der Waals surface area contributed by atoms with Crippen molar-refractivity contribution in [1.29, 1.82) is 0 Å². The molecule has 0 radical (unpaired) electrons. The van der Waals surface area contributed by atoms with E-state index in [-0.39, 0.29) is 16.4 Å². The molecule has 4 heteroatoms. The van der Waals surface area contributed by atoms with E-state index < -0.39 is 0 Å². The van der Waals surface area contributed by atoms with E-state index in [9.17, 15) is 4.79 Å². The molecule has 4 aromatic rings. The van der Waals surface area contributed by atoms with E-state index in [1.54, 1.807) is 6.07 Å². The molecule has 152 valence electrons. The van der Waals surface area contributed by atoms with Gasteiger partial charge in [0.1, 0.15) is 0 Å². The van der Waals surface area contributed by atoms with Gasteiger partial charge < -0.3 is 4.98 Å². The molecule has 0 saturated carbocycles. The highest BCUT2D eigenvalue weighted by molar-refractivity contribution is 5.83. The quantitative estimate of drug-likeness (QED) is 0.420. The van der Waals surface area contributed by atoms with Crippen LogP contribution in [0, 0.1) is 0 Å². The Labute approximate surface area is 172 Å². The van der Waals surface area contributed by atoms with Gasteiger partial charge in [-0.05, 0) is 28.5 Å². The molecule has 0 spiro atoms. The molecular weight excluding hydrogens is 358 g/mol. The Morgan fingerprint density at radius 3 is 2.17 bits per heavy atom. The fraction of sp³-hybridized carbons (Fsp3) is 0.360. The molecule has 0 aliphatic heterocycles. The van der Waals surface area contributed by atoms with Crippen molar-refractivity contribution in [3.8, 4) is 0 Å². The molecule has 0 unspecified atom stereocenters. The van der Waals surface area contributed by atoms with Crippen molar-refractivity contribution < 1.29 is 0 Å². The Morgan fingerprint density at radius 1 is 0.828 bits per heavy atom. The van der Waals surface area contributed by atoms with Crippen LogP contribution in [0.15, 0.2) is 59.4 Å². The van der Waals surface area contributed by atoms with E-state index in [0.717, 1.165) is 10.9 Å². The van der Waals surface area contributed by atoms with Crippen molar-refractivity contribution in [2.24, 2.45) is 7.05 Å². The number of benzene rings is 2. The summed E-state index contributed by atoms with van der Waals surface area (Å²) in [5.74, 6) is 0. The zero-order chi connectivity index (χ0) is 21.4. The zero-order valence-corrected chi connectivity index (χ0v) is 18.5. The van der Waals surface area contributed by atoms with Crippen LogP contribution in [0.5, 0.6) is 0 Å². The average Bonchev–Trinajstić information content (AvgIpc) is 2.98. The minimum Gasteiger partial charge on any atom is -0.322 e. The summed E-state index contributed by atoms with van der Waals surface area (Å²) in [6.45, 7) is 13.0. The Balaban J connectivity index is 0.000000166. The number of aryl methyl sites for hydroxylation is 1. The molecule has 2 aromatic heterocycles. The number of hydrogen-bond acceptors (Lipinski definition) is 2. The Kier molecular flexibility index (Phi) is 5.40. The van der Waals surface area contributed by atoms with Crippen molar-refractivity contribution in [2.45, 2.75) is 52.4 Å². The van der Waals surface area contributed by atoms with Gasteiger partial charge in [0, 0.05) is 23.9 Å². The molecule has 4 rings (SSSR count). The Morgan fingerprint density at radius 2 is 1.52 bits per heavy atom. The minimum absolute atomic E-state index is 0.0424. The van der Waals surface area contributed by atoms with Gasteiger partial charge >= 0.3 is 0 Å². The number of aromatic nitrogens is 3. The van der Waals surface area contributed by atoms with Gasteiger partial charge in [-0.1, -0.05) is 77.9 Å². The van der Waals surface area contributed by atoms with Crippen LogP contribution in [0.3, 0.4) is 0 Å². The predicted octanol–water partition coefficient (Wildman–Crippen LogP) is 5.70. The van der Waals surface area contributed by atoms with Crippen LogP contribution in [0.1, 0.15) is 52.8 Å². The van der Waals surface area contributed by atoms with Crippen LogP contribution in [-0.2, 0) is 17.9 Å². The third kappa shape index (κ3) is 4.42. The number of nitrogens with one attached hydrogen (secondary N) is 1. The second-order valence-electron chi connectivity index (χ2n) is 9.58. The normalized spacial score (nSPS) is 12.1. The molecule has 0 fully saturated rings. The monoisotopic (exact) mass is 389 g/mol. The third-order valence-electron chi connectivity index (χ3n) is 5.04. The highest BCUT2D eigenvalue weighted by Crippen LogP contribution is 2.29. The molecule has 0 aliphatic rings. The number of para-hydroxylation sites is 2. The smallest absolute Gasteiger partial charge is 0.248 e. The first-order chi connectivity index (χ1) is 13.5. The van der Waals surface area contributed by atoms with Gasteiger partial charge in [-0.25, -0.2) is 0 Å². The van der Waals surface area contributed by atoms with E-state index in [0.29, 0.717) is 0 Å². The van der Waals surface area contributed by atoms with E-state index >= 15 is 0 Å². The number of nitrogens with zero attached hydrogens (tertiary/aromatic N) is 2. The van der Waals surface area contributed by atoms with Crippen LogP contribution in [-0.4, -0.2) is 14.8 Å². The maximum Gasteiger partial charge on any atom is 0.248 e. The minimum atomic E-state index is -0.0424. The maximum atomic E-state index is 11.3. The van der Waals surface area contributed by atoms with Gasteiger partial charge in [-0.15, -0.1) is 0 Å². The fourth-order valence-electron chi connectivity index (χ4n) is 3.57. The first-order valence-corrected chi connectivity index (χ1v) is 10.0. The van der Waals surface area contributed by atoms with Crippen LogP contribution in [0.2, 0.25) is 0 Å². The number of rotatable bonds is 0. The maximum absolute atomic E-state index is 11.3. The van der Waals surface area contributed by atoms with Gasteiger partial charge in [0.2, 0.25) is 5.56 Å². The van der Waals surface area contributed by atoms with Crippen molar-refractivity contribution in [3.05, 3.63) is 76.2 Å². The van der Waals surface area contributed by atoms with Crippen LogP contribution >= 0.6 is 0 Å². The Bertz CT molecular complexity index is 1200. The van der Waals surface area contributed by atoms with Crippen molar-refractivity contribution in [1.82, 2.24) is 14.8 Å². The zero-order valence-electron chi connectivity index (χ0n) is 18.5. The van der Waals surface area contributed by atoms with Crippen molar-refractivity contribution >= 4 is 21.8 Å². The van der Waals surface area contributed by atoms with Gasteiger partial charge in [0.15, 0.2) is 0 Å². The fourth-order valence-corrected chi connectivity index (χ4v) is 3.57. The summed E-state index contributed by atoms with van der Waals surface area (Å²) < 4.78 is 1.95. The van der Waals surface area contributed by atoms with E-state index in [1.165, 1.54) is 22.2 Å². The summed E-state index contributed by atoms with van der Waals surface area (Å²) >= 11 is 0. The summed E-state index contributed by atoms with van der Waals surface area (Å²) in [7, 11) is 2.00. The lowest BCUT2D eigenvalue weighted by Gasteiger charge is -2.20. The average molecular weight is 390 g/mol. The number of hydrogen-bond donors (Lipinski definition) is 1. The molecule has 4 nitrogen and oxygen atoms in total. The summed E-state index contributed by atoms with van der Waals surface area (Å²) in [5.41, 5.74) is 4.63. The van der Waals surface area contributed by atoms with Crippen LogP contribution in [0.25, 0.3) is 21.8 Å². The van der Waals surface area contributed by atoms with E-state index in [4.69, 9.17) is 0 Å². The summed E-state index contributed by atoms with van der Waals surface area (Å²) in [6, 6.07) is 17.9. The number of H-pyrrole nitrogens is 1. The third-order valence-corrected chi connectivity index (χ3v) is 5.04. The number of aromatic amines is 1. The highest BCUT2D eigenvalue weighted by Gasteiger charge is 2.21. The Hall–Kier alpha value is -2.88. The molecular formula is C25H31N3O. The van der Waals surface area contributed by atoms with Gasteiger partial charge in [-0.3, -0.25) is 9.48 Å². The molecule has 0 atom stereocenters. The second-order valence-corrected chi connectivity index (χ2v) is 9.58. The largest absolute Gasteiger partial charge is 0.322 e. The predicted molar refractivity (Wildman–Crippen MR) is 123 cm³/mol. The van der Waals surface area contributed by atoms with Crippen LogP contribution < -0.4 is 5.56 Å². The van der Waals surface area contributed by atoms with Gasteiger partial charge in [0.25, 0.3) is 0 Å². The molecule has 0 bridgehead atoms. The van der Waals surface area contributed by atoms with E-state index in [1.807, 2.05) is 29.9 Å². The lowest BCUT2D eigenvalue weighted by Crippen LogP contribution is -2.14. The molecule has 2 heterocycles. The summed E-state index contributed by atoms with van der Waals surface area (Å²) in [6.07, 6.45) is 0. The van der Waals surface area contributed by atoms with Crippen molar-refractivity contribution in [2.75, 3.05) is 0 Å². The standard InChI is InChI=1S/C13H15NO.C12H16N2/c1-13(2,3)10-6-4-5-9-7-8-11(15)14-12(9)10;1-12(2,3)11-9-7-5-6-8-10(9)14(4)13-11/h4-8H,1-3H3,(H,14,15);5-8H,1-4H3. The molecule has 1 N–H and O–H groups in total. The first kappa shape index (κ1) is 20.8.